The molecule has 1 atom stereocenters. The van der Waals surface area contributed by atoms with Crippen molar-refractivity contribution in [2.45, 2.75) is 50.4 Å². The summed E-state index contributed by atoms with van der Waals surface area (Å²) in [4.78, 5) is 11.8. The number of carbonyl (C=O) groups excluding carboxylic acids is 1. The molecule has 0 aromatic carbocycles. The fraction of sp³-hybridized carbons (Fsp3) is 0.923. The Labute approximate surface area is 116 Å². The van der Waals surface area contributed by atoms with E-state index in [-0.39, 0.29) is 30.8 Å². The molecule has 116 valence electrons. The van der Waals surface area contributed by atoms with Gasteiger partial charge in [0.1, 0.15) is 0 Å². The SMILES string of the molecule is O=C(CC1COCCN1)NC1CCC(C(F)(F)F)CC1. The molecular weight excluding hydrogens is 273 g/mol. The Balaban J connectivity index is 1.68. The molecular formula is C13H21F3N2O2. The first-order valence-corrected chi connectivity index (χ1v) is 7.12. The topological polar surface area (TPSA) is 50.4 Å². The predicted octanol–water partition coefficient (Wildman–Crippen LogP) is 1.60. The van der Waals surface area contributed by atoms with Crippen LogP contribution in [0.25, 0.3) is 0 Å². The highest BCUT2D eigenvalue weighted by Crippen LogP contribution is 2.37. The van der Waals surface area contributed by atoms with Crippen LogP contribution in [0, 0.1) is 5.92 Å². The molecule has 7 heteroatoms. The van der Waals surface area contributed by atoms with Crippen LogP contribution in [0.2, 0.25) is 0 Å². The van der Waals surface area contributed by atoms with Crippen LogP contribution in [0.3, 0.4) is 0 Å². The number of nitrogens with one attached hydrogen (secondary N) is 2. The largest absolute Gasteiger partial charge is 0.391 e. The van der Waals surface area contributed by atoms with Gasteiger partial charge >= 0.3 is 6.18 Å². The van der Waals surface area contributed by atoms with Crippen molar-refractivity contribution in [1.29, 1.82) is 0 Å². The zero-order chi connectivity index (χ0) is 14.6. The van der Waals surface area contributed by atoms with Crippen LogP contribution in [0.4, 0.5) is 13.2 Å². The molecule has 1 aliphatic heterocycles. The van der Waals surface area contributed by atoms with Gasteiger partial charge in [0.15, 0.2) is 0 Å². The van der Waals surface area contributed by atoms with Crippen LogP contribution in [-0.4, -0.2) is 43.9 Å². The normalized spacial score (nSPS) is 31.9. The van der Waals surface area contributed by atoms with Gasteiger partial charge in [-0.05, 0) is 25.7 Å². The number of hydrogen-bond donors (Lipinski definition) is 2. The summed E-state index contributed by atoms with van der Waals surface area (Å²) in [5, 5.41) is 6.02. The summed E-state index contributed by atoms with van der Waals surface area (Å²) in [5.41, 5.74) is 0. The van der Waals surface area contributed by atoms with E-state index in [1.54, 1.807) is 0 Å². The molecule has 4 nitrogen and oxygen atoms in total. The molecule has 0 spiro atoms. The van der Waals surface area contributed by atoms with Crippen LogP contribution < -0.4 is 10.6 Å². The molecule has 0 radical (unpaired) electrons. The standard InChI is InChI=1S/C13H21F3N2O2/c14-13(15,16)9-1-3-10(4-2-9)18-12(19)7-11-8-20-6-5-17-11/h9-11,17H,1-8H2,(H,18,19). The molecule has 0 aromatic rings. The van der Waals surface area contributed by atoms with Crippen molar-refractivity contribution in [3.63, 3.8) is 0 Å². The number of hydrogen-bond acceptors (Lipinski definition) is 3. The van der Waals surface area contributed by atoms with E-state index in [2.05, 4.69) is 10.6 Å². The zero-order valence-electron chi connectivity index (χ0n) is 11.3. The highest BCUT2D eigenvalue weighted by molar-refractivity contribution is 5.76. The van der Waals surface area contributed by atoms with Crippen LogP contribution in [0.5, 0.6) is 0 Å². The van der Waals surface area contributed by atoms with Gasteiger partial charge in [0.25, 0.3) is 0 Å². The average Bonchev–Trinajstić information content (AvgIpc) is 2.39. The second-order valence-corrected chi connectivity index (χ2v) is 5.59. The number of carbonyl (C=O) groups is 1. The first kappa shape index (κ1) is 15.6. The number of rotatable bonds is 3. The van der Waals surface area contributed by atoms with Gasteiger partial charge in [-0.15, -0.1) is 0 Å². The third-order valence-electron chi connectivity index (χ3n) is 3.99. The summed E-state index contributed by atoms with van der Waals surface area (Å²) in [5.74, 6) is -1.31. The zero-order valence-corrected chi connectivity index (χ0v) is 11.3. The molecule has 1 unspecified atom stereocenters. The van der Waals surface area contributed by atoms with E-state index in [1.165, 1.54) is 0 Å². The third kappa shape index (κ3) is 4.63. The number of morpholine rings is 1. The lowest BCUT2D eigenvalue weighted by atomic mass is 9.85. The molecule has 2 aliphatic rings. The van der Waals surface area contributed by atoms with Crippen molar-refractivity contribution < 1.29 is 22.7 Å². The Morgan fingerprint density at radius 3 is 2.50 bits per heavy atom. The van der Waals surface area contributed by atoms with E-state index >= 15 is 0 Å². The number of alkyl halides is 3. The Kier molecular flexibility index (Phi) is 5.26. The minimum atomic E-state index is -4.10. The van der Waals surface area contributed by atoms with Gasteiger partial charge in [-0.1, -0.05) is 0 Å². The van der Waals surface area contributed by atoms with Gasteiger partial charge < -0.3 is 15.4 Å². The van der Waals surface area contributed by atoms with Crippen molar-refractivity contribution in [3.05, 3.63) is 0 Å². The lowest BCUT2D eigenvalue weighted by Crippen LogP contribution is -2.46. The summed E-state index contributed by atoms with van der Waals surface area (Å²) in [6, 6.07) is -0.110. The smallest absolute Gasteiger partial charge is 0.378 e. The van der Waals surface area contributed by atoms with Crippen molar-refractivity contribution in [2.75, 3.05) is 19.8 Å². The Morgan fingerprint density at radius 2 is 1.95 bits per heavy atom. The first-order chi connectivity index (χ1) is 9.45. The third-order valence-corrected chi connectivity index (χ3v) is 3.99. The number of ether oxygens (including phenoxy) is 1. The maximum Gasteiger partial charge on any atom is 0.391 e. The van der Waals surface area contributed by atoms with Gasteiger partial charge in [0.05, 0.1) is 19.1 Å². The molecule has 0 aromatic heterocycles. The maximum atomic E-state index is 12.5. The molecule has 2 N–H and O–H groups in total. The van der Waals surface area contributed by atoms with Gasteiger partial charge in [-0.2, -0.15) is 13.2 Å². The second kappa shape index (κ2) is 6.76. The van der Waals surface area contributed by atoms with Crippen LogP contribution in [0.15, 0.2) is 0 Å². The summed E-state index contributed by atoms with van der Waals surface area (Å²) < 4.78 is 42.8. The molecule has 1 amide bonds. The summed E-state index contributed by atoms with van der Waals surface area (Å²) >= 11 is 0. The van der Waals surface area contributed by atoms with Gasteiger partial charge in [0, 0.05) is 25.0 Å². The molecule has 20 heavy (non-hydrogen) atoms. The van der Waals surface area contributed by atoms with E-state index in [1.807, 2.05) is 0 Å². The summed E-state index contributed by atoms with van der Waals surface area (Å²) in [6.07, 6.45) is -2.75. The van der Waals surface area contributed by atoms with Crippen molar-refractivity contribution in [1.82, 2.24) is 10.6 Å². The molecule has 1 saturated carbocycles. The van der Waals surface area contributed by atoms with E-state index in [0.717, 1.165) is 6.54 Å². The highest BCUT2D eigenvalue weighted by atomic mass is 19.4. The van der Waals surface area contributed by atoms with E-state index in [9.17, 15) is 18.0 Å². The fourth-order valence-electron chi connectivity index (χ4n) is 2.83. The van der Waals surface area contributed by atoms with Crippen LogP contribution in [-0.2, 0) is 9.53 Å². The number of halogens is 3. The highest BCUT2D eigenvalue weighted by Gasteiger charge is 2.41. The van der Waals surface area contributed by atoms with E-state index in [4.69, 9.17) is 4.74 Å². The Bertz CT molecular complexity index is 322. The predicted molar refractivity (Wildman–Crippen MR) is 67.2 cm³/mol. The van der Waals surface area contributed by atoms with Gasteiger partial charge in [-0.3, -0.25) is 4.79 Å². The Morgan fingerprint density at radius 1 is 1.25 bits per heavy atom. The summed E-state index contributed by atoms with van der Waals surface area (Å²) in [6.45, 7) is 1.89. The van der Waals surface area contributed by atoms with Gasteiger partial charge in [-0.25, -0.2) is 0 Å². The summed E-state index contributed by atoms with van der Waals surface area (Å²) in [7, 11) is 0. The molecule has 1 saturated heterocycles. The first-order valence-electron chi connectivity index (χ1n) is 7.12. The van der Waals surface area contributed by atoms with Crippen molar-refractivity contribution in [2.24, 2.45) is 5.92 Å². The fourth-order valence-corrected chi connectivity index (χ4v) is 2.83. The van der Waals surface area contributed by atoms with E-state index in [0.29, 0.717) is 32.5 Å². The van der Waals surface area contributed by atoms with Crippen molar-refractivity contribution in [3.8, 4) is 0 Å². The maximum absolute atomic E-state index is 12.5. The molecule has 2 rings (SSSR count). The molecule has 2 fully saturated rings. The number of amides is 1. The van der Waals surface area contributed by atoms with Gasteiger partial charge in [0.2, 0.25) is 5.91 Å². The Hall–Kier alpha value is -0.820. The van der Waals surface area contributed by atoms with Crippen LogP contribution in [0.1, 0.15) is 32.1 Å². The average molecular weight is 294 g/mol. The van der Waals surface area contributed by atoms with Crippen molar-refractivity contribution >= 4 is 5.91 Å². The molecule has 1 heterocycles. The minimum Gasteiger partial charge on any atom is -0.378 e. The monoisotopic (exact) mass is 294 g/mol. The minimum absolute atomic E-state index is 0.00950. The lowest BCUT2D eigenvalue weighted by molar-refractivity contribution is -0.182. The van der Waals surface area contributed by atoms with E-state index < -0.39 is 12.1 Å². The lowest BCUT2D eigenvalue weighted by Gasteiger charge is -2.31. The molecule has 1 aliphatic carbocycles. The quantitative estimate of drug-likeness (QED) is 0.831. The van der Waals surface area contributed by atoms with Crippen LogP contribution >= 0.6 is 0 Å². The second-order valence-electron chi connectivity index (χ2n) is 5.59. The molecule has 0 bridgehead atoms.